The highest BCUT2D eigenvalue weighted by Crippen LogP contribution is 2.52. The average molecular weight is 406 g/mol. The molecule has 4 rings (SSSR count). The molecule has 2 aromatic carbocycles. The number of para-hydroxylation sites is 1. The van der Waals surface area contributed by atoms with Gasteiger partial charge in [0.1, 0.15) is 17.1 Å². The molecule has 2 aliphatic heterocycles. The van der Waals surface area contributed by atoms with Crippen LogP contribution in [-0.2, 0) is 11.8 Å². The quantitative estimate of drug-likeness (QED) is 0.830. The second-order valence-electron chi connectivity index (χ2n) is 7.88. The van der Waals surface area contributed by atoms with Gasteiger partial charge in [-0.15, -0.1) is 0 Å². The molecule has 4 nitrogen and oxygen atoms in total. The number of hydrogen-bond acceptors (Lipinski definition) is 4. The lowest BCUT2D eigenvalue weighted by Crippen LogP contribution is -2.45. The van der Waals surface area contributed by atoms with Gasteiger partial charge in [-0.1, -0.05) is 24.3 Å². The number of likely N-dealkylation sites (N-methyl/N-ethyl adjacent to an activating group) is 1. The first-order valence-electron chi connectivity index (χ1n) is 9.90. The Morgan fingerprint density at radius 3 is 2.41 bits per heavy atom. The first-order chi connectivity index (χ1) is 13.8. The van der Waals surface area contributed by atoms with Crippen LogP contribution in [0.25, 0.3) is 0 Å². The van der Waals surface area contributed by atoms with E-state index in [2.05, 4.69) is 16.8 Å². The Hall–Kier alpha value is -2.09. The molecule has 1 atom stereocenters. The molecule has 1 unspecified atom stereocenters. The maximum absolute atomic E-state index is 13.8. The van der Waals surface area contributed by atoms with Gasteiger partial charge in [0.15, 0.2) is 0 Å². The van der Waals surface area contributed by atoms with Gasteiger partial charge in [-0.25, -0.2) is 0 Å². The largest absolute Gasteiger partial charge is 0.457 e. The van der Waals surface area contributed by atoms with Crippen LogP contribution in [0.1, 0.15) is 29.5 Å². The minimum absolute atomic E-state index is 0.0700. The summed E-state index contributed by atoms with van der Waals surface area (Å²) in [6.45, 7) is 4.55. The minimum atomic E-state index is -4.58. The van der Waals surface area contributed by atoms with Crippen LogP contribution in [0.3, 0.4) is 0 Å². The normalized spacial score (nSPS) is 22.7. The zero-order chi connectivity index (χ0) is 20.6. The summed E-state index contributed by atoms with van der Waals surface area (Å²) >= 11 is 0. The van der Waals surface area contributed by atoms with Gasteiger partial charge in [0.25, 0.3) is 0 Å². The summed E-state index contributed by atoms with van der Waals surface area (Å²) in [4.78, 5) is 4.55. The lowest BCUT2D eigenvalue weighted by molar-refractivity contribution is -0.140. The molecule has 7 heteroatoms. The van der Waals surface area contributed by atoms with Crippen LogP contribution >= 0.6 is 0 Å². The molecule has 0 spiro atoms. The maximum Gasteiger partial charge on any atom is 0.416 e. The predicted molar refractivity (Wildman–Crippen MR) is 104 cm³/mol. The number of nitrogens with zero attached hydrogens (tertiary/aromatic N) is 2. The van der Waals surface area contributed by atoms with Crippen LogP contribution in [0.15, 0.2) is 42.5 Å². The van der Waals surface area contributed by atoms with Crippen molar-refractivity contribution in [3.63, 3.8) is 0 Å². The van der Waals surface area contributed by atoms with Gasteiger partial charge < -0.3 is 19.6 Å². The van der Waals surface area contributed by atoms with Crippen molar-refractivity contribution in [1.82, 2.24) is 9.80 Å². The molecule has 2 aromatic rings. The number of aliphatic hydroxyl groups is 1. The molecular weight excluding hydrogens is 381 g/mol. The predicted octanol–water partition coefficient (Wildman–Crippen LogP) is 4.07. The Morgan fingerprint density at radius 1 is 1.00 bits per heavy atom. The lowest BCUT2D eigenvalue weighted by atomic mass is 9.77. The molecule has 2 heterocycles. The Morgan fingerprint density at radius 2 is 1.69 bits per heavy atom. The number of ether oxygens (including phenoxy) is 1. The smallest absolute Gasteiger partial charge is 0.416 e. The van der Waals surface area contributed by atoms with Crippen LogP contribution < -0.4 is 4.74 Å². The third-order valence-corrected chi connectivity index (χ3v) is 5.91. The topological polar surface area (TPSA) is 35.9 Å². The van der Waals surface area contributed by atoms with E-state index < -0.39 is 17.3 Å². The highest BCUT2D eigenvalue weighted by Gasteiger charge is 2.47. The summed E-state index contributed by atoms with van der Waals surface area (Å²) in [5.41, 5.74) is -2.37. The number of halogens is 3. The van der Waals surface area contributed by atoms with Crippen molar-refractivity contribution >= 4 is 0 Å². The van der Waals surface area contributed by atoms with E-state index >= 15 is 0 Å². The van der Waals surface area contributed by atoms with E-state index in [1.54, 1.807) is 24.3 Å². The molecule has 0 aromatic heterocycles. The van der Waals surface area contributed by atoms with E-state index in [0.29, 0.717) is 17.7 Å². The van der Waals surface area contributed by atoms with Crippen molar-refractivity contribution in [3.05, 3.63) is 59.2 Å². The number of piperazine rings is 1. The van der Waals surface area contributed by atoms with Gasteiger partial charge in [-0.05, 0) is 44.6 Å². The maximum atomic E-state index is 13.8. The van der Waals surface area contributed by atoms with Crippen LogP contribution in [-0.4, -0.2) is 54.7 Å². The molecule has 0 saturated carbocycles. The van der Waals surface area contributed by atoms with Gasteiger partial charge >= 0.3 is 6.18 Å². The van der Waals surface area contributed by atoms with Crippen molar-refractivity contribution < 1.29 is 23.0 Å². The first-order valence-corrected chi connectivity index (χ1v) is 9.90. The number of alkyl halides is 3. The van der Waals surface area contributed by atoms with E-state index in [9.17, 15) is 18.3 Å². The summed E-state index contributed by atoms with van der Waals surface area (Å²) < 4.78 is 47.0. The van der Waals surface area contributed by atoms with Crippen LogP contribution in [0.2, 0.25) is 0 Å². The minimum Gasteiger partial charge on any atom is -0.457 e. The van der Waals surface area contributed by atoms with Crippen molar-refractivity contribution in [3.8, 4) is 11.5 Å². The Balaban J connectivity index is 1.66. The lowest BCUT2D eigenvalue weighted by Gasteiger charge is -2.38. The van der Waals surface area contributed by atoms with E-state index in [-0.39, 0.29) is 17.7 Å². The average Bonchev–Trinajstić information content (AvgIpc) is 2.69. The van der Waals surface area contributed by atoms with Crippen molar-refractivity contribution in [2.75, 3.05) is 39.8 Å². The summed E-state index contributed by atoms with van der Waals surface area (Å²) in [6, 6.07) is 10.6. The molecule has 1 saturated heterocycles. The fourth-order valence-corrected chi connectivity index (χ4v) is 4.32. The van der Waals surface area contributed by atoms with Gasteiger partial charge in [-0.3, -0.25) is 0 Å². The number of benzene rings is 2. The molecule has 0 radical (unpaired) electrons. The summed E-state index contributed by atoms with van der Waals surface area (Å²) in [5, 5.41) is 11.7. The van der Waals surface area contributed by atoms with E-state index in [0.717, 1.165) is 38.8 Å². The first kappa shape index (κ1) is 20.2. The second-order valence-corrected chi connectivity index (χ2v) is 7.88. The van der Waals surface area contributed by atoms with Crippen molar-refractivity contribution in [2.45, 2.75) is 24.6 Å². The Kier molecular flexibility index (Phi) is 5.31. The zero-order valence-corrected chi connectivity index (χ0v) is 16.4. The van der Waals surface area contributed by atoms with Gasteiger partial charge in [0.2, 0.25) is 0 Å². The van der Waals surface area contributed by atoms with E-state index in [1.807, 2.05) is 0 Å². The highest BCUT2D eigenvalue weighted by molar-refractivity contribution is 5.58. The SMILES string of the molecule is CN1CCN(CCCC2(O)c3ccccc3Oc3cccc(C(F)(F)F)c32)CC1. The summed E-state index contributed by atoms with van der Waals surface area (Å²) in [7, 11) is 2.08. The van der Waals surface area contributed by atoms with Crippen LogP contribution in [0, 0.1) is 0 Å². The number of fused-ring (bicyclic) bond motifs is 2. The van der Waals surface area contributed by atoms with Crippen LogP contribution in [0.4, 0.5) is 13.2 Å². The molecule has 1 N–H and O–H groups in total. The molecule has 29 heavy (non-hydrogen) atoms. The summed E-state index contributed by atoms with van der Waals surface area (Å²) in [5.74, 6) is 0.474. The highest BCUT2D eigenvalue weighted by atomic mass is 19.4. The van der Waals surface area contributed by atoms with Crippen LogP contribution in [0.5, 0.6) is 11.5 Å². The van der Waals surface area contributed by atoms with E-state index in [1.165, 1.54) is 12.1 Å². The van der Waals surface area contributed by atoms with E-state index in [4.69, 9.17) is 4.74 Å². The molecular formula is C22H25F3N2O2. The third-order valence-electron chi connectivity index (χ3n) is 5.91. The molecule has 156 valence electrons. The fourth-order valence-electron chi connectivity index (χ4n) is 4.32. The second kappa shape index (κ2) is 7.63. The molecule has 0 bridgehead atoms. The molecule has 1 fully saturated rings. The molecule has 2 aliphatic rings. The van der Waals surface area contributed by atoms with Gasteiger partial charge in [0.05, 0.1) is 5.56 Å². The fraction of sp³-hybridized carbons (Fsp3) is 0.455. The Bertz CT molecular complexity index is 879. The monoisotopic (exact) mass is 406 g/mol. The number of hydrogen-bond donors (Lipinski definition) is 1. The summed E-state index contributed by atoms with van der Waals surface area (Å²) in [6.07, 6.45) is -3.80. The van der Waals surface area contributed by atoms with Crippen molar-refractivity contribution in [2.24, 2.45) is 0 Å². The number of rotatable bonds is 4. The van der Waals surface area contributed by atoms with Gasteiger partial charge in [-0.2, -0.15) is 13.2 Å². The standard InChI is InChI=1S/C22H25F3N2O2/c1-26-12-14-27(15-13-26)11-5-10-21(28)16-6-2-3-8-18(16)29-19-9-4-7-17(20(19)21)22(23,24)25/h2-4,6-9,28H,5,10-15H2,1H3. The van der Waals surface area contributed by atoms with Gasteiger partial charge in [0, 0.05) is 37.3 Å². The third kappa shape index (κ3) is 3.86. The zero-order valence-electron chi connectivity index (χ0n) is 16.4. The molecule has 0 amide bonds. The van der Waals surface area contributed by atoms with Crippen molar-refractivity contribution in [1.29, 1.82) is 0 Å². The molecule has 0 aliphatic carbocycles. The Labute approximate surface area is 168 Å².